The fraction of sp³-hybridized carbons (Fsp3) is 0.538. The van der Waals surface area contributed by atoms with Crippen molar-refractivity contribution in [2.24, 2.45) is 5.73 Å². The normalized spacial score (nSPS) is 12.3. The van der Waals surface area contributed by atoms with E-state index < -0.39 is 0 Å². The van der Waals surface area contributed by atoms with Gasteiger partial charge in [-0.1, -0.05) is 6.92 Å². The standard InChI is InChI=1S/C13H22N2O/c1-10(7-8-14)12-9-11(16-4)5-6-13(12)15(2)3/h5-6,9-10H,7-8,14H2,1-4H3. The lowest BCUT2D eigenvalue weighted by Crippen LogP contribution is -2.14. The summed E-state index contributed by atoms with van der Waals surface area (Å²) in [5.41, 5.74) is 8.16. The Morgan fingerprint density at radius 2 is 2.06 bits per heavy atom. The zero-order valence-corrected chi connectivity index (χ0v) is 10.7. The predicted molar refractivity (Wildman–Crippen MR) is 69.4 cm³/mol. The van der Waals surface area contributed by atoms with Crippen LogP contribution in [0.1, 0.15) is 24.8 Å². The Bertz CT molecular complexity index is 337. The topological polar surface area (TPSA) is 38.5 Å². The van der Waals surface area contributed by atoms with Gasteiger partial charge in [0.05, 0.1) is 7.11 Å². The van der Waals surface area contributed by atoms with Crippen molar-refractivity contribution in [1.82, 2.24) is 0 Å². The number of hydrogen-bond acceptors (Lipinski definition) is 3. The molecule has 0 bridgehead atoms. The molecule has 2 N–H and O–H groups in total. The number of nitrogens with two attached hydrogens (primary N) is 1. The molecule has 0 radical (unpaired) electrons. The third-order valence-corrected chi connectivity index (χ3v) is 2.85. The molecule has 0 amide bonds. The van der Waals surface area contributed by atoms with Crippen molar-refractivity contribution in [3.63, 3.8) is 0 Å². The van der Waals surface area contributed by atoms with Crippen molar-refractivity contribution in [3.05, 3.63) is 23.8 Å². The molecule has 0 aromatic heterocycles. The molecule has 0 aliphatic rings. The molecule has 1 aromatic carbocycles. The number of nitrogens with zero attached hydrogens (tertiary/aromatic N) is 1. The predicted octanol–water partition coefficient (Wildman–Crippen LogP) is 2.21. The Morgan fingerprint density at radius 3 is 2.56 bits per heavy atom. The van der Waals surface area contributed by atoms with E-state index in [-0.39, 0.29) is 0 Å². The summed E-state index contributed by atoms with van der Waals surface area (Å²) in [5, 5.41) is 0. The first-order valence-corrected chi connectivity index (χ1v) is 5.65. The molecule has 1 aromatic rings. The lowest BCUT2D eigenvalue weighted by molar-refractivity contribution is 0.414. The highest BCUT2D eigenvalue weighted by molar-refractivity contribution is 5.56. The van der Waals surface area contributed by atoms with E-state index in [1.165, 1.54) is 11.3 Å². The van der Waals surface area contributed by atoms with Crippen LogP contribution in [-0.2, 0) is 0 Å². The van der Waals surface area contributed by atoms with Crippen LogP contribution in [0.2, 0.25) is 0 Å². The van der Waals surface area contributed by atoms with Crippen LogP contribution in [0.15, 0.2) is 18.2 Å². The van der Waals surface area contributed by atoms with E-state index in [2.05, 4.69) is 38.1 Å². The summed E-state index contributed by atoms with van der Waals surface area (Å²) in [4.78, 5) is 2.13. The lowest BCUT2D eigenvalue weighted by atomic mass is 9.95. The van der Waals surface area contributed by atoms with Crippen molar-refractivity contribution in [1.29, 1.82) is 0 Å². The number of hydrogen-bond donors (Lipinski definition) is 1. The second-order valence-corrected chi connectivity index (χ2v) is 4.30. The molecule has 90 valence electrons. The summed E-state index contributed by atoms with van der Waals surface area (Å²) in [6, 6.07) is 6.20. The highest BCUT2D eigenvalue weighted by Gasteiger charge is 2.12. The smallest absolute Gasteiger partial charge is 0.119 e. The lowest BCUT2D eigenvalue weighted by Gasteiger charge is -2.22. The van der Waals surface area contributed by atoms with Gasteiger partial charge in [0.2, 0.25) is 0 Å². The highest BCUT2D eigenvalue weighted by Crippen LogP contribution is 2.31. The van der Waals surface area contributed by atoms with Crippen LogP contribution in [-0.4, -0.2) is 27.7 Å². The van der Waals surface area contributed by atoms with Crippen molar-refractivity contribution in [2.75, 3.05) is 32.6 Å². The van der Waals surface area contributed by atoms with E-state index in [1.54, 1.807) is 7.11 Å². The third kappa shape index (κ3) is 2.89. The maximum absolute atomic E-state index is 5.62. The van der Waals surface area contributed by atoms with Crippen LogP contribution < -0.4 is 15.4 Å². The average molecular weight is 222 g/mol. The van der Waals surface area contributed by atoms with E-state index in [0.717, 1.165) is 12.2 Å². The molecule has 0 fully saturated rings. The molecule has 3 nitrogen and oxygen atoms in total. The fourth-order valence-corrected chi connectivity index (χ4v) is 1.87. The summed E-state index contributed by atoms with van der Waals surface area (Å²) in [5.74, 6) is 1.36. The Balaban J connectivity index is 3.09. The van der Waals surface area contributed by atoms with Gasteiger partial charge in [0.1, 0.15) is 5.75 Å². The molecular formula is C13H22N2O. The second kappa shape index (κ2) is 5.75. The SMILES string of the molecule is COc1ccc(N(C)C)c(C(C)CCN)c1. The van der Waals surface area contributed by atoms with Crippen LogP contribution in [0.4, 0.5) is 5.69 Å². The fourth-order valence-electron chi connectivity index (χ4n) is 1.87. The molecule has 0 saturated heterocycles. The molecule has 3 heteroatoms. The number of anilines is 1. The number of rotatable bonds is 5. The molecule has 1 rings (SSSR count). The van der Waals surface area contributed by atoms with Crippen LogP contribution in [0.5, 0.6) is 5.75 Å². The first-order valence-electron chi connectivity index (χ1n) is 5.65. The van der Waals surface area contributed by atoms with Crippen LogP contribution >= 0.6 is 0 Å². The van der Waals surface area contributed by atoms with E-state index in [0.29, 0.717) is 12.5 Å². The van der Waals surface area contributed by atoms with Gasteiger partial charge in [0.15, 0.2) is 0 Å². The maximum Gasteiger partial charge on any atom is 0.119 e. The van der Waals surface area contributed by atoms with Gasteiger partial charge in [-0.15, -0.1) is 0 Å². The van der Waals surface area contributed by atoms with Gasteiger partial charge in [0.25, 0.3) is 0 Å². The summed E-state index contributed by atoms with van der Waals surface area (Å²) in [6.07, 6.45) is 0.994. The Hall–Kier alpha value is -1.22. The first kappa shape index (κ1) is 12.8. The molecule has 16 heavy (non-hydrogen) atoms. The van der Waals surface area contributed by atoms with Crippen molar-refractivity contribution < 1.29 is 4.74 Å². The van der Waals surface area contributed by atoms with Gasteiger partial charge in [0, 0.05) is 19.8 Å². The molecule has 0 saturated carbocycles. The Labute approximate surface area is 98.2 Å². The zero-order chi connectivity index (χ0) is 12.1. The van der Waals surface area contributed by atoms with E-state index in [4.69, 9.17) is 10.5 Å². The molecule has 0 aliphatic heterocycles. The molecular weight excluding hydrogens is 200 g/mol. The molecule has 0 heterocycles. The number of methoxy groups -OCH3 is 1. The summed E-state index contributed by atoms with van der Waals surface area (Å²) in [6.45, 7) is 2.92. The van der Waals surface area contributed by atoms with Crippen molar-refractivity contribution in [3.8, 4) is 5.75 Å². The largest absolute Gasteiger partial charge is 0.497 e. The molecule has 1 unspecified atom stereocenters. The second-order valence-electron chi connectivity index (χ2n) is 4.30. The van der Waals surface area contributed by atoms with Gasteiger partial charge in [-0.25, -0.2) is 0 Å². The summed E-state index contributed by atoms with van der Waals surface area (Å²) >= 11 is 0. The van der Waals surface area contributed by atoms with Crippen molar-refractivity contribution >= 4 is 5.69 Å². The van der Waals surface area contributed by atoms with E-state index in [1.807, 2.05) is 6.07 Å². The monoisotopic (exact) mass is 222 g/mol. The van der Waals surface area contributed by atoms with Gasteiger partial charge in [-0.05, 0) is 42.6 Å². The van der Waals surface area contributed by atoms with Gasteiger partial charge >= 0.3 is 0 Å². The number of benzene rings is 1. The molecule has 0 aliphatic carbocycles. The zero-order valence-electron chi connectivity index (χ0n) is 10.7. The highest BCUT2D eigenvalue weighted by atomic mass is 16.5. The van der Waals surface area contributed by atoms with Crippen LogP contribution in [0.25, 0.3) is 0 Å². The Kier molecular flexibility index (Phi) is 4.62. The Morgan fingerprint density at radius 1 is 1.38 bits per heavy atom. The first-order chi connectivity index (χ1) is 7.60. The molecule has 0 spiro atoms. The third-order valence-electron chi connectivity index (χ3n) is 2.85. The minimum absolute atomic E-state index is 0.456. The summed E-state index contributed by atoms with van der Waals surface area (Å²) in [7, 11) is 5.81. The van der Waals surface area contributed by atoms with Crippen LogP contribution in [0, 0.1) is 0 Å². The van der Waals surface area contributed by atoms with Gasteiger partial charge in [-0.2, -0.15) is 0 Å². The molecule has 1 atom stereocenters. The quantitative estimate of drug-likeness (QED) is 0.830. The van der Waals surface area contributed by atoms with E-state index >= 15 is 0 Å². The van der Waals surface area contributed by atoms with Gasteiger partial charge in [-0.3, -0.25) is 0 Å². The van der Waals surface area contributed by atoms with E-state index in [9.17, 15) is 0 Å². The average Bonchev–Trinajstić information content (AvgIpc) is 2.28. The minimum Gasteiger partial charge on any atom is -0.497 e. The minimum atomic E-state index is 0.456. The van der Waals surface area contributed by atoms with Crippen molar-refractivity contribution in [2.45, 2.75) is 19.3 Å². The maximum atomic E-state index is 5.62. The van der Waals surface area contributed by atoms with Crippen LogP contribution in [0.3, 0.4) is 0 Å². The summed E-state index contributed by atoms with van der Waals surface area (Å²) < 4.78 is 5.27. The number of ether oxygens (including phenoxy) is 1. The van der Waals surface area contributed by atoms with Gasteiger partial charge < -0.3 is 15.4 Å².